The highest BCUT2D eigenvalue weighted by Crippen LogP contribution is 2.05. The molecule has 0 bridgehead atoms. The number of nitrogens with one attached hydrogen (secondary N) is 2. The number of likely N-dealkylation sites (N-methyl/N-ethyl adjacent to an activating group) is 1. The van der Waals surface area contributed by atoms with Crippen LogP contribution in [0.2, 0.25) is 5.15 Å². The van der Waals surface area contributed by atoms with Crippen molar-refractivity contribution >= 4 is 41.5 Å². The van der Waals surface area contributed by atoms with E-state index in [2.05, 4.69) is 46.4 Å². The monoisotopic (exact) mass is 439 g/mol. The summed E-state index contributed by atoms with van der Waals surface area (Å²) in [6.45, 7) is 8.70. The molecule has 0 aliphatic heterocycles. The maximum Gasteiger partial charge on any atom is 0.191 e. The summed E-state index contributed by atoms with van der Waals surface area (Å²) in [6.07, 6.45) is 2.70. The summed E-state index contributed by atoms with van der Waals surface area (Å²) in [5, 5.41) is 7.12. The number of aromatic nitrogens is 1. The third-order valence-corrected chi connectivity index (χ3v) is 3.35. The molecule has 7 heteroatoms. The van der Waals surface area contributed by atoms with Crippen LogP contribution in [0.15, 0.2) is 23.3 Å². The quantitative estimate of drug-likeness (QED) is 0.283. The molecule has 0 saturated heterocycles. The molecule has 1 heterocycles. The molecule has 22 heavy (non-hydrogen) atoms. The van der Waals surface area contributed by atoms with Crippen molar-refractivity contribution in [3.05, 3.63) is 29.0 Å². The molecule has 0 radical (unpaired) electrons. The van der Waals surface area contributed by atoms with E-state index < -0.39 is 0 Å². The first-order valence-corrected chi connectivity index (χ1v) is 7.84. The van der Waals surface area contributed by atoms with Crippen molar-refractivity contribution in [2.24, 2.45) is 4.99 Å². The lowest BCUT2D eigenvalue weighted by molar-refractivity contribution is 0.363. The summed E-state index contributed by atoms with van der Waals surface area (Å²) in [5.41, 5.74) is 1.16. The van der Waals surface area contributed by atoms with Crippen LogP contribution in [-0.4, -0.2) is 55.6 Å². The van der Waals surface area contributed by atoms with Gasteiger partial charge in [0.25, 0.3) is 0 Å². The van der Waals surface area contributed by atoms with E-state index in [0.29, 0.717) is 5.15 Å². The second-order valence-electron chi connectivity index (χ2n) is 4.82. The number of hydrogen-bond acceptors (Lipinski definition) is 3. The van der Waals surface area contributed by atoms with Gasteiger partial charge in [0.2, 0.25) is 0 Å². The molecule has 126 valence electrons. The lowest BCUT2D eigenvalue weighted by Gasteiger charge is -2.14. The minimum atomic E-state index is 0. The summed E-state index contributed by atoms with van der Waals surface area (Å²) < 4.78 is 0. The molecule has 5 nitrogen and oxygen atoms in total. The summed E-state index contributed by atoms with van der Waals surface area (Å²) in [6, 6.07) is 3.81. The van der Waals surface area contributed by atoms with Crippen LogP contribution in [0.1, 0.15) is 19.4 Å². The topological polar surface area (TPSA) is 52.6 Å². The first kappa shape index (κ1) is 21.4. The van der Waals surface area contributed by atoms with E-state index in [1.807, 2.05) is 18.3 Å². The Morgan fingerprint density at radius 1 is 1.32 bits per heavy atom. The minimum Gasteiger partial charge on any atom is -0.357 e. The molecule has 0 amide bonds. The number of rotatable bonds is 8. The zero-order valence-corrected chi connectivity index (χ0v) is 16.7. The molecule has 0 atom stereocenters. The van der Waals surface area contributed by atoms with Gasteiger partial charge < -0.3 is 15.5 Å². The smallest absolute Gasteiger partial charge is 0.191 e. The zero-order valence-electron chi connectivity index (χ0n) is 13.6. The molecule has 0 aliphatic carbocycles. The van der Waals surface area contributed by atoms with Crippen LogP contribution in [0.4, 0.5) is 0 Å². The van der Waals surface area contributed by atoms with Crippen LogP contribution in [-0.2, 0) is 6.42 Å². The Bertz CT molecular complexity index is 424. The van der Waals surface area contributed by atoms with E-state index >= 15 is 0 Å². The summed E-state index contributed by atoms with van der Waals surface area (Å²) in [4.78, 5) is 10.9. The second kappa shape index (κ2) is 12.9. The van der Waals surface area contributed by atoms with E-state index in [9.17, 15) is 0 Å². The number of aliphatic imine (C=N–C) groups is 1. The predicted molar refractivity (Wildman–Crippen MR) is 106 cm³/mol. The summed E-state index contributed by atoms with van der Waals surface area (Å²) in [5.74, 6) is 0.865. The van der Waals surface area contributed by atoms with Crippen LogP contribution in [0.5, 0.6) is 0 Å². The lowest BCUT2D eigenvalue weighted by atomic mass is 10.2. The van der Waals surface area contributed by atoms with Crippen LogP contribution in [0, 0.1) is 0 Å². The average molecular weight is 440 g/mol. The zero-order chi connectivity index (χ0) is 15.5. The van der Waals surface area contributed by atoms with Gasteiger partial charge in [0, 0.05) is 25.8 Å². The van der Waals surface area contributed by atoms with Gasteiger partial charge in [0.1, 0.15) is 5.15 Å². The van der Waals surface area contributed by atoms with Crippen molar-refractivity contribution in [2.75, 3.05) is 39.8 Å². The Labute approximate surface area is 156 Å². The molecule has 0 spiro atoms. The number of guanidine groups is 1. The van der Waals surface area contributed by atoms with Crippen LogP contribution >= 0.6 is 35.6 Å². The number of hydrogen-bond donors (Lipinski definition) is 2. The first-order chi connectivity index (χ1) is 10.2. The molecule has 0 aliphatic rings. The van der Waals surface area contributed by atoms with Gasteiger partial charge in [-0.3, -0.25) is 4.99 Å². The largest absolute Gasteiger partial charge is 0.357 e. The van der Waals surface area contributed by atoms with Gasteiger partial charge in [0.05, 0.1) is 6.54 Å². The van der Waals surface area contributed by atoms with Gasteiger partial charge in [-0.1, -0.05) is 24.6 Å². The molecule has 2 N–H and O–H groups in total. The van der Waals surface area contributed by atoms with E-state index in [1.165, 1.54) is 0 Å². The first-order valence-electron chi connectivity index (χ1n) is 7.46. The minimum absolute atomic E-state index is 0. The Hall–Kier alpha value is -0.600. The summed E-state index contributed by atoms with van der Waals surface area (Å²) in [7, 11) is 2.10. The Morgan fingerprint density at radius 2 is 2.09 bits per heavy atom. The summed E-state index contributed by atoms with van der Waals surface area (Å²) >= 11 is 5.77. The molecule has 1 aromatic rings. The van der Waals surface area contributed by atoms with Gasteiger partial charge in [0.15, 0.2) is 5.96 Å². The number of nitrogens with zero attached hydrogens (tertiary/aromatic N) is 3. The number of halogens is 2. The van der Waals surface area contributed by atoms with E-state index in [0.717, 1.165) is 50.7 Å². The van der Waals surface area contributed by atoms with Crippen LogP contribution in [0.25, 0.3) is 0 Å². The molecule has 0 saturated carbocycles. The fourth-order valence-electron chi connectivity index (χ4n) is 1.71. The second-order valence-corrected chi connectivity index (χ2v) is 5.21. The highest BCUT2D eigenvalue weighted by Gasteiger charge is 1.99. The molecule has 0 fully saturated rings. The van der Waals surface area contributed by atoms with Crippen molar-refractivity contribution in [3.63, 3.8) is 0 Å². The molecule has 1 rings (SSSR count). The molecular weight excluding hydrogens is 413 g/mol. The molecule has 0 unspecified atom stereocenters. The fourth-order valence-corrected chi connectivity index (χ4v) is 1.82. The highest BCUT2D eigenvalue weighted by atomic mass is 127. The Kier molecular flexibility index (Phi) is 12.5. The average Bonchev–Trinajstić information content (AvgIpc) is 2.49. The Morgan fingerprint density at radius 3 is 2.68 bits per heavy atom. The van der Waals surface area contributed by atoms with E-state index in [-0.39, 0.29) is 24.0 Å². The van der Waals surface area contributed by atoms with Crippen molar-refractivity contribution in [3.8, 4) is 0 Å². The maximum atomic E-state index is 5.77. The maximum absolute atomic E-state index is 5.77. The molecule has 0 aromatic carbocycles. The van der Waals surface area contributed by atoms with Crippen LogP contribution in [0.3, 0.4) is 0 Å². The van der Waals surface area contributed by atoms with Crippen molar-refractivity contribution in [1.29, 1.82) is 0 Å². The standard InChI is InChI=1S/C15H26ClN5.HI/c1-4-17-15(19-10-11-21(3)5-2)18-9-8-13-6-7-14(16)20-12-13;/h6-7,12H,4-5,8-11H2,1-3H3,(H2,17,18,19);1H. The van der Waals surface area contributed by atoms with Crippen LogP contribution < -0.4 is 10.6 Å². The van der Waals surface area contributed by atoms with Crippen molar-refractivity contribution in [1.82, 2.24) is 20.5 Å². The van der Waals surface area contributed by atoms with Gasteiger partial charge >= 0.3 is 0 Å². The van der Waals surface area contributed by atoms with E-state index in [4.69, 9.17) is 11.6 Å². The van der Waals surface area contributed by atoms with Crippen molar-refractivity contribution in [2.45, 2.75) is 20.3 Å². The van der Waals surface area contributed by atoms with Gasteiger partial charge in [-0.2, -0.15) is 0 Å². The molecule has 1 aromatic heterocycles. The van der Waals surface area contributed by atoms with E-state index in [1.54, 1.807) is 0 Å². The fraction of sp³-hybridized carbons (Fsp3) is 0.600. The third kappa shape index (κ3) is 9.42. The lowest BCUT2D eigenvalue weighted by Crippen LogP contribution is -2.39. The van der Waals surface area contributed by atoms with Gasteiger partial charge in [-0.15, -0.1) is 24.0 Å². The Balaban J connectivity index is 0.00000441. The normalized spacial score (nSPS) is 11.2. The van der Waals surface area contributed by atoms with Gasteiger partial charge in [-0.05, 0) is 38.6 Å². The van der Waals surface area contributed by atoms with Gasteiger partial charge in [-0.25, -0.2) is 4.98 Å². The van der Waals surface area contributed by atoms with Crippen molar-refractivity contribution < 1.29 is 0 Å². The third-order valence-electron chi connectivity index (χ3n) is 3.13. The molecular formula is C15H27ClIN5. The SMILES string of the molecule is CCNC(=NCCN(C)CC)NCCc1ccc(Cl)nc1.I. The predicted octanol–water partition coefficient (Wildman–Crippen LogP) is 2.40. The highest BCUT2D eigenvalue weighted by molar-refractivity contribution is 14.0. The number of pyridine rings is 1.